The highest BCUT2D eigenvalue weighted by Gasteiger charge is 2.11. The Bertz CT molecular complexity index is 487. The summed E-state index contributed by atoms with van der Waals surface area (Å²) >= 11 is 0. The van der Waals surface area contributed by atoms with Crippen LogP contribution in [0.4, 0.5) is 5.69 Å². The van der Waals surface area contributed by atoms with Gasteiger partial charge in [0.25, 0.3) is 0 Å². The van der Waals surface area contributed by atoms with Gasteiger partial charge in [-0.05, 0) is 31.5 Å². The number of nitrogens with zero attached hydrogens (tertiary/aromatic N) is 2. The molecule has 0 saturated carbocycles. The molecule has 1 fully saturated rings. The van der Waals surface area contributed by atoms with Gasteiger partial charge in [0.2, 0.25) is 5.91 Å². The molecule has 23 heavy (non-hydrogen) atoms. The summed E-state index contributed by atoms with van der Waals surface area (Å²) in [6.07, 6.45) is 0.533. The Hall–Kier alpha value is -1.59. The third-order valence-electron chi connectivity index (χ3n) is 4.21. The Labute approximate surface area is 139 Å². The molecule has 1 saturated heterocycles. The number of carbonyl (C=O) groups excluding carboxylic acids is 1. The molecule has 1 aromatic rings. The van der Waals surface area contributed by atoms with Gasteiger partial charge in [0.05, 0.1) is 13.2 Å². The molecule has 0 aromatic heterocycles. The van der Waals surface area contributed by atoms with Crippen molar-refractivity contribution in [2.45, 2.75) is 20.3 Å². The summed E-state index contributed by atoms with van der Waals surface area (Å²) in [5.74, 6) is 0.129. The lowest BCUT2D eigenvalue weighted by Gasteiger charge is -2.26. The Balaban J connectivity index is 1.68. The number of hydrogen-bond donors (Lipinski definition) is 1. The van der Waals surface area contributed by atoms with Crippen LogP contribution in [0.25, 0.3) is 0 Å². The molecular weight excluding hydrogens is 290 g/mol. The van der Waals surface area contributed by atoms with Crippen LogP contribution in [0, 0.1) is 6.92 Å². The fraction of sp³-hybridized carbons (Fsp3) is 0.611. The summed E-state index contributed by atoms with van der Waals surface area (Å²) < 4.78 is 5.32. The SMILES string of the molecule is CCN(CCC(=O)NCCN1CCOCC1)c1cccc(C)c1. The standard InChI is InChI=1S/C18H29N3O2/c1-3-21(17-6-4-5-16(2)15-17)9-7-18(22)19-8-10-20-11-13-23-14-12-20/h4-6,15H,3,7-14H2,1-2H3,(H,19,22). The number of hydrogen-bond acceptors (Lipinski definition) is 4. The van der Waals surface area contributed by atoms with E-state index in [2.05, 4.69) is 53.2 Å². The smallest absolute Gasteiger partial charge is 0.221 e. The molecule has 0 radical (unpaired) electrons. The normalized spacial score (nSPS) is 15.4. The molecule has 1 aliphatic heterocycles. The minimum Gasteiger partial charge on any atom is -0.379 e. The lowest BCUT2D eigenvalue weighted by atomic mass is 10.2. The van der Waals surface area contributed by atoms with Crippen LogP contribution in [0.3, 0.4) is 0 Å². The number of anilines is 1. The van der Waals surface area contributed by atoms with Crippen molar-refractivity contribution < 1.29 is 9.53 Å². The second-order valence-electron chi connectivity index (χ2n) is 5.97. The summed E-state index contributed by atoms with van der Waals surface area (Å²) in [7, 11) is 0. The molecule has 1 amide bonds. The largest absolute Gasteiger partial charge is 0.379 e. The molecule has 1 aromatic carbocycles. The van der Waals surface area contributed by atoms with Crippen molar-refractivity contribution in [1.82, 2.24) is 10.2 Å². The van der Waals surface area contributed by atoms with E-state index in [9.17, 15) is 4.79 Å². The first-order chi connectivity index (χ1) is 11.2. The molecule has 0 aliphatic carbocycles. The van der Waals surface area contributed by atoms with E-state index in [0.29, 0.717) is 6.42 Å². The van der Waals surface area contributed by atoms with Crippen LogP contribution in [-0.2, 0) is 9.53 Å². The van der Waals surface area contributed by atoms with Gasteiger partial charge in [-0.3, -0.25) is 9.69 Å². The van der Waals surface area contributed by atoms with Gasteiger partial charge in [0, 0.05) is 51.4 Å². The molecule has 0 spiro atoms. The van der Waals surface area contributed by atoms with Crippen molar-refractivity contribution in [1.29, 1.82) is 0 Å². The highest BCUT2D eigenvalue weighted by atomic mass is 16.5. The Morgan fingerprint density at radius 1 is 1.35 bits per heavy atom. The molecule has 2 rings (SSSR count). The molecule has 5 heteroatoms. The summed E-state index contributed by atoms with van der Waals surface area (Å²) in [6, 6.07) is 8.43. The van der Waals surface area contributed by atoms with Crippen molar-refractivity contribution in [3.8, 4) is 0 Å². The lowest BCUT2D eigenvalue weighted by Crippen LogP contribution is -2.41. The number of morpholine rings is 1. The maximum atomic E-state index is 12.0. The van der Waals surface area contributed by atoms with Gasteiger partial charge in [-0.2, -0.15) is 0 Å². The van der Waals surface area contributed by atoms with Crippen LogP contribution in [0.15, 0.2) is 24.3 Å². The summed E-state index contributed by atoms with van der Waals surface area (Å²) in [4.78, 5) is 16.6. The monoisotopic (exact) mass is 319 g/mol. The zero-order valence-electron chi connectivity index (χ0n) is 14.4. The van der Waals surface area contributed by atoms with Gasteiger partial charge >= 0.3 is 0 Å². The molecule has 5 nitrogen and oxygen atoms in total. The quantitative estimate of drug-likeness (QED) is 0.791. The van der Waals surface area contributed by atoms with Gasteiger partial charge in [0.1, 0.15) is 0 Å². The highest BCUT2D eigenvalue weighted by Crippen LogP contribution is 2.15. The number of rotatable bonds is 8. The van der Waals surface area contributed by atoms with Crippen LogP contribution >= 0.6 is 0 Å². The molecule has 1 aliphatic rings. The number of carbonyl (C=O) groups is 1. The first kappa shape index (κ1) is 17.8. The minimum absolute atomic E-state index is 0.129. The summed E-state index contributed by atoms with van der Waals surface area (Å²) in [5.41, 5.74) is 2.43. The fourth-order valence-corrected chi connectivity index (χ4v) is 2.80. The van der Waals surface area contributed by atoms with E-state index in [-0.39, 0.29) is 5.91 Å². The average molecular weight is 319 g/mol. The third-order valence-corrected chi connectivity index (χ3v) is 4.21. The van der Waals surface area contributed by atoms with Crippen LogP contribution in [0.1, 0.15) is 18.9 Å². The molecule has 0 bridgehead atoms. The van der Waals surface area contributed by atoms with Gasteiger partial charge in [-0.1, -0.05) is 12.1 Å². The number of aryl methyl sites for hydroxylation is 1. The van der Waals surface area contributed by atoms with E-state index in [4.69, 9.17) is 4.74 Å². The Kier molecular flexibility index (Phi) is 7.36. The van der Waals surface area contributed by atoms with Gasteiger partial charge in [-0.15, -0.1) is 0 Å². The second kappa shape index (κ2) is 9.53. The molecule has 128 valence electrons. The predicted octanol–water partition coefficient (Wildman–Crippen LogP) is 1.66. The average Bonchev–Trinajstić information content (AvgIpc) is 2.56. The molecular formula is C18H29N3O2. The summed E-state index contributed by atoms with van der Waals surface area (Å²) in [6.45, 7) is 11.0. The molecule has 0 atom stereocenters. The van der Waals surface area contributed by atoms with E-state index in [1.807, 2.05) is 0 Å². The Morgan fingerprint density at radius 3 is 2.83 bits per heavy atom. The van der Waals surface area contributed by atoms with Crippen molar-refractivity contribution in [3.63, 3.8) is 0 Å². The third kappa shape index (κ3) is 6.20. The van der Waals surface area contributed by atoms with E-state index >= 15 is 0 Å². The van der Waals surface area contributed by atoms with Gasteiger partial charge in [-0.25, -0.2) is 0 Å². The zero-order valence-corrected chi connectivity index (χ0v) is 14.4. The maximum absolute atomic E-state index is 12.0. The van der Waals surface area contributed by atoms with Gasteiger partial charge in [0.15, 0.2) is 0 Å². The number of nitrogens with one attached hydrogen (secondary N) is 1. The van der Waals surface area contributed by atoms with E-state index < -0.39 is 0 Å². The highest BCUT2D eigenvalue weighted by molar-refractivity contribution is 5.76. The van der Waals surface area contributed by atoms with E-state index in [1.54, 1.807) is 0 Å². The number of amides is 1. The minimum atomic E-state index is 0.129. The fourth-order valence-electron chi connectivity index (χ4n) is 2.80. The second-order valence-corrected chi connectivity index (χ2v) is 5.97. The van der Waals surface area contributed by atoms with Crippen molar-refractivity contribution in [3.05, 3.63) is 29.8 Å². The predicted molar refractivity (Wildman–Crippen MR) is 94.0 cm³/mol. The van der Waals surface area contributed by atoms with Crippen molar-refractivity contribution in [2.75, 3.05) is 57.4 Å². The number of benzene rings is 1. The van der Waals surface area contributed by atoms with Crippen molar-refractivity contribution >= 4 is 11.6 Å². The van der Waals surface area contributed by atoms with Gasteiger partial charge < -0.3 is 15.0 Å². The van der Waals surface area contributed by atoms with E-state index in [1.165, 1.54) is 11.3 Å². The van der Waals surface area contributed by atoms with Crippen LogP contribution in [-0.4, -0.2) is 63.3 Å². The first-order valence-corrected chi connectivity index (χ1v) is 8.57. The summed E-state index contributed by atoms with van der Waals surface area (Å²) in [5, 5.41) is 3.02. The van der Waals surface area contributed by atoms with Crippen LogP contribution < -0.4 is 10.2 Å². The zero-order chi connectivity index (χ0) is 16.5. The molecule has 1 N–H and O–H groups in total. The molecule has 0 unspecified atom stereocenters. The molecule has 1 heterocycles. The number of ether oxygens (including phenoxy) is 1. The van der Waals surface area contributed by atoms with E-state index in [0.717, 1.165) is 52.5 Å². The Morgan fingerprint density at radius 2 is 2.13 bits per heavy atom. The van der Waals surface area contributed by atoms with Crippen LogP contribution in [0.2, 0.25) is 0 Å². The van der Waals surface area contributed by atoms with Crippen molar-refractivity contribution in [2.24, 2.45) is 0 Å². The topological polar surface area (TPSA) is 44.8 Å². The lowest BCUT2D eigenvalue weighted by molar-refractivity contribution is -0.121. The first-order valence-electron chi connectivity index (χ1n) is 8.57. The maximum Gasteiger partial charge on any atom is 0.221 e. The van der Waals surface area contributed by atoms with Crippen LogP contribution in [0.5, 0.6) is 0 Å².